The fourth-order valence-electron chi connectivity index (χ4n) is 2.22. The van der Waals surface area contributed by atoms with E-state index in [9.17, 15) is 0 Å². The molecule has 0 amide bonds. The van der Waals surface area contributed by atoms with Crippen molar-refractivity contribution in [2.45, 2.75) is 32.2 Å². The van der Waals surface area contributed by atoms with Crippen molar-refractivity contribution in [1.29, 1.82) is 0 Å². The molecule has 0 aromatic heterocycles. The summed E-state index contributed by atoms with van der Waals surface area (Å²) in [6.45, 7) is 2.89. The van der Waals surface area contributed by atoms with Crippen LogP contribution in [0.1, 0.15) is 24.8 Å². The molecular weight excluding hydrogens is 200 g/mol. The van der Waals surface area contributed by atoms with E-state index in [4.69, 9.17) is 10.8 Å². The molecule has 1 aliphatic rings. The molecule has 3 nitrogen and oxygen atoms in total. The summed E-state index contributed by atoms with van der Waals surface area (Å²) < 4.78 is 0. The molecule has 0 radical (unpaired) electrons. The Morgan fingerprint density at radius 1 is 1.44 bits per heavy atom. The number of hydrogen-bond acceptors (Lipinski definition) is 3. The van der Waals surface area contributed by atoms with Gasteiger partial charge in [0.15, 0.2) is 0 Å². The number of hydrogen-bond donors (Lipinski definition) is 2. The number of para-hydroxylation sites is 1. The van der Waals surface area contributed by atoms with Crippen LogP contribution in [0.15, 0.2) is 18.2 Å². The van der Waals surface area contributed by atoms with E-state index in [2.05, 4.69) is 11.0 Å². The summed E-state index contributed by atoms with van der Waals surface area (Å²) in [5, 5.41) is 9.14. The predicted octanol–water partition coefficient (Wildman–Crippen LogP) is 1.93. The SMILES string of the molecule is Cc1cccc(N(CCO)C2CCC2)c1N. The van der Waals surface area contributed by atoms with Crippen molar-refractivity contribution in [3.8, 4) is 0 Å². The Morgan fingerprint density at radius 2 is 2.19 bits per heavy atom. The molecule has 3 N–H and O–H groups in total. The molecule has 1 aromatic rings. The van der Waals surface area contributed by atoms with Crippen LogP contribution >= 0.6 is 0 Å². The first-order valence-corrected chi connectivity index (χ1v) is 5.96. The molecule has 1 fully saturated rings. The van der Waals surface area contributed by atoms with Gasteiger partial charge in [0.25, 0.3) is 0 Å². The Hall–Kier alpha value is -1.22. The fourth-order valence-corrected chi connectivity index (χ4v) is 2.22. The van der Waals surface area contributed by atoms with Gasteiger partial charge in [0, 0.05) is 12.6 Å². The monoisotopic (exact) mass is 220 g/mol. The largest absolute Gasteiger partial charge is 0.397 e. The zero-order valence-electron chi connectivity index (χ0n) is 9.82. The maximum Gasteiger partial charge on any atom is 0.0606 e. The van der Waals surface area contributed by atoms with Crippen LogP contribution in [0.25, 0.3) is 0 Å². The van der Waals surface area contributed by atoms with Gasteiger partial charge >= 0.3 is 0 Å². The van der Waals surface area contributed by atoms with Gasteiger partial charge in [-0.05, 0) is 37.8 Å². The number of rotatable bonds is 4. The molecule has 1 aromatic carbocycles. The summed E-state index contributed by atoms with van der Waals surface area (Å²) in [5.74, 6) is 0. The van der Waals surface area contributed by atoms with E-state index >= 15 is 0 Å². The third-order valence-electron chi connectivity index (χ3n) is 3.47. The van der Waals surface area contributed by atoms with Gasteiger partial charge in [-0.2, -0.15) is 0 Å². The average Bonchev–Trinajstić information content (AvgIpc) is 2.19. The van der Waals surface area contributed by atoms with Crippen LogP contribution in [0.3, 0.4) is 0 Å². The van der Waals surface area contributed by atoms with Crippen LogP contribution in [0.2, 0.25) is 0 Å². The van der Waals surface area contributed by atoms with Crippen LogP contribution in [0, 0.1) is 6.92 Å². The maximum atomic E-state index is 9.14. The molecule has 0 saturated heterocycles. The van der Waals surface area contributed by atoms with Crippen LogP contribution in [-0.2, 0) is 0 Å². The van der Waals surface area contributed by atoms with E-state index in [0.717, 1.165) is 16.9 Å². The summed E-state index contributed by atoms with van der Waals surface area (Å²) in [4.78, 5) is 2.26. The van der Waals surface area contributed by atoms with Gasteiger partial charge in [0.05, 0.1) is 18.0 Å². The third-order valence-corrected chi connectivity index (χ3v) is 3.47. The first-order valence-electron chi connectivity index (χ1n) is 5.96. The number of benzene rings is 1. The van der Waals surface area contributed by atoms with Crippen LogP contribution in [0.4, 0.5) is 11.4 Å². The summed E-state index contributed by atoms with van der Waals surface area (Å²) >= 11 is 0. The second-order valence-electron chi connectivity index (χ2n) is 4.51. The van der Waals surface area contributed by atoms with Crippen LogP contribution in [-0.4, -0.2) is 24.3 Å². The molecule has 0 spiro atoms. The molecule has 0 unspecified atom stereocenters. The van der Waals surface area contributed by atoms with Gasteiger partial charge in [-0.1, -0.05) is 12.1 Å². The first-order chi connectivity index (χ1) is 7.74. The van der Waals surface area contributed by atoms with E-state index in [-0.39, 0.29) is 6.61 Å². The number of anilines is 2. The van der Waals surface area contributed by atoms with Crippen molar-refractivity contribution in [3.05, 3.63) is 23.8 Å². The van der Waals surface area contributed by atoms with Gasteiger partial charge in [0.1, 0.15) is 0 Å². The third kappa shape index (κ3) is 2.00. The Balaban J connectivity index is 2.26. The van der Waals surface area contributed by atoms with Gasteiger partial charge in [-0.25, -0.2) is 0 Å². The molecule has 0 bridgehead atoms. The van der Waals surface area contributed by atoms with E-state index in [0.29, 0.717) is 12.6 Å². The highest BCUT2D eigenvalue weighted by Crippen LogP contribution is 2.33. The molecule has 0 aliphatic heterocycles. The number of nitrogens with two attached hydrogens (primary N) is 1. The van der Waals surface area contributed by atoms with E-state index < -0.39 is 0 Å². The number of aliphatic hydroxyl groups excluding tert-OH is 1. The topological polar surface area (TPSA) is 49.5 Å². The number of nitrogen functional groups attached to an aromatic ring is 1. The number of aliphatic hydroxyl groups is 1. The molecule has 0 heterocycles. The van der Waals surface area contributed by atoms with E-state index in [1.165, 1.54) is 19.3 Å². The second kappa shape index (κ2) is 4.74. The molecule has 16 heavy (non-hydrogen) atoms. The van der Waals surface area contributed by atoms with Crippen molar-refractivity contribution < 1.29 is 5.11 Å². The molecular formula is C13H20N2O. The summed E-state index contributed by atoms with van der Waals surface area (Å²) in [7, 11) is 0. The van der Waals surface area contributed by atoms with Crippen LogP contribution in [0.5, 0.6) is 0 Å². The highest BCUT2D eigenvalue weighted by atomic mass is 16.3. The average molecular weight is 220 g/mol. The normalized spacial score (nSPS) is 15.9. The maximum absolute atomic E-state index is 9.14. The molecule has 1 saturated carbocycles. The van der Waals surface area contributed by atoms with Crippen molar-refractivity contribution in [3.63, 3.8) is 0 Å². The second-order valence-corrected chi connectivity index (χ2v) is 4.51. The minimum absolute atomic E-state index is 0.184. The molecule has 88 valence electrons. The first kappa shape index (κ1) is 11.3. The Bertz CT molecular complexity index is 361. The molecule has 3 heteroatoms. The highest BCUT2D eigenvalue weighted by Gasteiger charge is 2.26. The van der Waals surface area contributed by atoms with Gasteiger partial charge in [0.2, 0.25) is 0 Å². The molecule has 0 atom stereocenters. The fraction of sp³-hybridized carbons (Fsp3) is 0.538. The predicted molar refractivity (Wildman–Crippen MR) is 67.7 cm³/mol. The highest BCUT2D eigenvalue weighted by molar-refractivity contribution is 5.71. The standard InChI is InChI=1S/C13H20N2O/c1-10-4-2-7-12(13(10)14)15(8-9-16)11-5-3-6-11/h2,4,7,11,16H,3,5-6,8-9,14H2,1H3. The van der Waals surface area contributed by atoms with Gasteiger partial charge in [-0.3, -0.25) is 0 Å². The number of nitrogens with zero attached hydrogens (tertiary/aromatic N) is 1. The summed E-state index contributed by atoms with van der Waals surface area (Å²) in [6, 6.07) is 6.67. The molecule has 2 rings (SSSR count). The van der Waals surface area contributed by atoms with Crippen molar-refractivity contribution in [2.24, 2.45) is 0 Å². The van der Waals surface area contributed by atoms with Crippen LogP contribution < -0.4 is 10.6 Å². The van der Waals surface area contributed by atoms with Crippen molar-refractivity contribution in [2.75, 3.05) is 23.8 Å². The van der Waals surface area contributed by atoms with Crippen molar-refractivity contribution >= 4 is 11.4 Å². The van der Waals surface area contributed by atoms with Gasteiger partial charge in [-0.15, -0.1) is 0 Å². The lowest BCUT2D eigenvalue weighted by Crippen LogP contribution is -2.42. The van der Waals surface area contributed by atoms with Crippen molar-refractivity contribution in [1.82, 2.24) is 0 Å². The van der Waals surface area contributed by atoms with E-state index in [1.807, 2.05) is 19.1 Å². The summed E-state index contributed by atoms with van der Waals surface area (Å²) in [5.41, 5.74) is 9.15. The smallest absolute Gasteiger partial charge is 0.0606 e. The minimum Gasteiger partial charge on any atom is -0.397 e. The lowest BCUT2D eigenvalue weighted by atomic mass is 9.90. The Kier molecular flexibility index (Phi) is 3.34. The lowest BCUT2D eigenvalue weighted by Gasteiger charge is -2.39. The lowest BCUT2D eigenvalue weighted by molar-refractivity contribution is 0.284. The van der Waals surface area contributed by atoms with Gasteiger partial charge < -0.3 is 15.7 Å². The quantitative estimate of drug-likeness (QED) is 0.762. The molecule has 1 aliphatic carbocycles. The zero-order valence-corrected chi connectivity index (χ0v) is 9.82. The zero-order chi connectivity index (χ0) is 11.5. The Labute approximate surface area is 96.9 Å². The minimum atomic E-state index is 0.184. The number of aryl methyl sites for hydroxylation is 1. The van der Waals surface area contributed by atoms with E-state index in [1.54, 1.807) is 0 Å². The summed E-state index contributed by atoms with van der Waals surface area (Å²) in [6.07, 6.45) is 3.72. The Morgan fingerprint density at radius 3 is 2.75 bits per heavy atom.